The van der Waals surface area contributed by atoms with Crippen molar-refractivity contribution in [2.75, 3.05) is 20.0 Å². The average molecular weight is 349 g/mol. The van der Waals surface area contributed by atoms with Crippen LogP contribution in [0.4, 0.5) is 5.69 Å². The summed E-state index contributed by atoms with van der Waals surface area (Å²) in [6.45, 7) is 0. The molecule has 0 amide bonds. The van der Waals surface area contributed by atoms with Crippen LogP contribution in [0.15, 0.2) is 46.1 Å². The first-order valence-corrected chi connectivity index (χ1v) is 8.30. The van der Waals surface area contributed by atoms with Crippen LogP contribution in [0.2, 0.25) is 0 Å². The van der Waals surface area contributed by atoms with Crippen molar-refractivity contribution in [1.82, 2.24) is 8.96 Å². The predicted octanol–water partition coefficient (Wildman–Crippen LogP) is 1.17. The molecule has 24 heavy (non-hydrogen) atoms. The molecule has 0 atom stereocenters. The first kappa shape index (κ1) is 15.9. The van der Waals surface area contributed by atoms with E-state index < -0.39 is 15.7 Å². The van der Waals surface area contributed by atoms with Gasteiger partial charge in [-0.2, -0.15) is 3.97 Å². The molecular formula is C15H15N3O5S. The number of nitrogens with two attached hydrogens (primary N) is 1. The van der Waals surface area contributed by atoms with Crippen LogP contribution in [0.1, 0.15) is 0 Å². The second-order valence-electron chi connectivity index (χ2n) is 4.99. The third-order valence-corrected chi connectivity index (χ3v) is 5.25. The molecule has 0 spiro atoms. The summed E-state index contributed by atoms with van der Waals surface area (Å²) in [5.41, 5.74) is 5.83. The molecule has 1 heterocycles. The van der Waals surface area contributed by atoms with Gasteiger partial charge in [0.1, 0.15) is 0 Å². The monoisotopic (exact) mass is 349 g/mol. The van der Waals surface area contributed by atoms with Crippen LogP contribution in [-0.2, 0) is 10.0 Å². The summed E-state index contributed by atoms with van der Waals surface area (Å²) in [7, 11) is -1.31. The molecule has 3 N–H and O–H groups in total. The number of rotatable bonds is 4. The number of ether oxygens (including phenoxy) is 2. The van der Waals surface area contributed by atoms with Gasteiger partial charge in [0.2, 0.25) is 0 Å². The molecule has 0 saturated carbocycles. The van der Waals surface area contributed by atoms with Gasteiger partial charge in [-0.15, -0.1) is 0 Å². The lowest BCUT2D eigenvalue weighted by molar-refractivity contribution is 0.354. The van der Waals surface area contributed by atoms with E-state index in [-0.39, 0.29) is 16.2 Å². The molecule has 0 bridgehead atoms. The number of imidazole rings is 1. The number of aromatic nitrogens is 2. The summed E-state index contributed by atoms with van der Waals surface area (Å²) in [6.07, 6.45) is 0. The smallest absolute Gasteiger partial charge is 0.340 e. The molecule has 0 fully saturated rings. The molecule has 3 aromatic rings. The van der Waals surface area contributed by atoms with Gasteiger partial charge in [0.05, 0.1) is 30.1 Å². The minimum atomic E-state index is -4.15. The summed E-state index contributed by atoms with van der Waals surface area (Å²) < 4.78 is 36.7. The van der Waals surface area contributed by atoms with Crippen LogP contribution in [-0.4, -0.2) is 31.6 Å². The zero-order chi connectivity index (χ0) is 17.5. The van der Waals surface area contributed by atoms with Gasteiger partial charge in [-0.3, -0.25) is 0 Å². The predicted molar refractivity (Wildman–Crippen MR) is 89.1 cm³/mol. The largest absolute Gasteiger partial charge is 0.493 e. The van der Waals surface area contributed by atoms with Crippen molar-refractivity contribution in [2.24, 2.45) is 0 Å². The SMILES string of the molecule is COc1ccc(S(=O)(=O)n2c(=O)[nH]c3ccc(N)cc32)cc1OC. The van der Waals surface area contributed by atoms with Gasteiger partial charge in [-0.25, -0.2) is 13.2 Å². The number of nitrogens with zero attached hydrogens (tertiary/aromatic N) is 1. The van der Waals surface area contributed by atoms with E-state index in [9.17, 15) is 13.2 Å². The van der Waals surface area contributed by atoms with Crippen molar-refractivity contribution in [2.45, 2.75) is 4.90 Å². The van der Waals surface area contributed by atoms with Crippen LogP contribution < -0.4 is 20.9 Å². The maximum Gasteiger partial charge on any atom is 0.340 e. The fraction of sp³-hybridized carbons (Fsp3) is 0.133. The highest BCUT2D eigenvalue weighted by Gasteiger charge is 2.24. The molecule has 3 rings (SSSR count). The van der Waals surface area contributed by atoms with Crippen LogP contribution in [0, 0.1) is 0 Å². The lowest BCUT2D eigenvalue weighted by Crippen LogP contribution is -2.25. The van der Waals surface area contributed by atoms with Gasteiger partial charge >= 0.3 is 5.69 Å². The summed E-state index contributed by atoms with van der Waals surface area (Å²) in [5.74, 6) is 0.623. The second-order valence-corrected chi connectivity index (χ2v) is 6.78. The third kappa shape index (κ3) is 2.38. The van der Waals surface area contributed by atoms with Crippen molar-refractivity contribution in [1.29, 1.82) is 0 Å². The van der Waals surface area contributed by atoms with E-state index >= 15 is 0 Å². The number of hydrogen-bond acceptors (Lipinski definition) is 6. The average Bonchev–Trinajstić information content (AvgIpc) is 2.89. The number of anilines is 1. The molecule has 0 unspecified atom stereocenters. The Labute approximate surface area is 137 Å². The van der Waals surface area contributed by atoms with Crippen molar-refractivity contribution in [3.05, 3.63) is 46.9 Å². The molecule has 8 nitrogen and oxygen atoms in total. The van der Waals surface area contributed by atoms with Gasteiger partial charge < -0.3 is 20.2 Å². The topological polar surface area (TPSA) is 116 Å². The Kier molecular flexibility index (Phi) is 3.72. The Balaban J connectivity index is 2.28. The maximum absolute atomic E-state index is 12.9. The van der Waals surface area contributed by atoms with Crippen molar-refractivity contribution in [3.8, 4) is 11.5 Å². The van der Waals surface area contributed by atoms with Gasteiger partial charge in [-0.1, -0.05) is 0 Å². The Hall–Kier alpha value is -2.94. The zero-order valence-corrected chi connectivity index (χ0v) is 13.8. The van der Waals surface area contributed by atoms with E-state index in [1.165, 1.54) is 38.5 Å². The number of hydrogen-bond donors (Lipinski definition) is 2. The quantitative estimate of drug-likeness (QED) is 0.683. The summed E-state index contributed by atoms with van der Waals surface area (Å²) in [6, 6.07) is 8.64. The summed E-state index contributed by atoms with van der Waals surface area (Å²) in [5, 5.41) is 0. The highest BCUT2D eigenvalue weighted by atomic mass is 32.2. The van der Waals surface area contributed by atoms with Crippen LogP contribution in [0.3, 0.4) is 0 Å². The third-order valence-electron chi connectivity index (χ3n) is 3.56. The van der Waals surface area contributed by atoms with Crippen LogP contribution >= 0.6 is 0 Å². The Morgan fingerprint density at radius 1 is 1.04 bits per heavy atom. The van der Waals surface area contributed by atoms with Crippen molar-refractivity contribution >= 4 is 26.7 Å². The van der Waals surface area contributed by atoms with Crippen molar-refractivity contribution < 1.29 is 17.9 Å². The van der Waals surface area contributed by atoms with E-state index in [4.69, 9.17) is 15.2 Å². The van der Waals surface area contributed by atoms with Gasteiger partial charge in [0, 0.05) is 11.8 Å². The molecule has 126 valence electrons. The molecule has 1 aromatic heterocycles. The fourth-order valence-corrected chi connectivity index (χ4v) is 3.80. The number of methoxy groups -OCH3 is 2. The lowest BCUT2D eigenvalue weighted by atomic mass is 10.3. The highest BCUT2D eigenvalue weighted by Crippen LogP contribution is 2.30. The van der Waals surface area contributed by atoms with Crippen LogP contribution in [0.5, 0.6) is 11.5 Å². The van der Waals surface area contributed by atoms with Gasteiger partial charge in [0.15, 0.2) is 11.5 Å². The molecule has 0 aliphatic rings. The number of aromatic amines is 1. The number of nitrogen functional groups attached to an aromatic ring is 1. The first-order chi connectivity index (χ1) is 11.4. The molecule has 2 aromatic carbocycles. The molecule has 0 radical (unpaired) electrons. The Morgan fingerprint density at radius 3 is 2.42 bits per heavy atom. The van der Waals surface area contributed by atoms with Crippen LogP contribution in [0.25, 0.3) is 11.0 Å². The molecular weight excluding hydrogens is 334 g/mol. The molecule has 9 heteroatoms. The normalized spacial score (nSPS) is 11.6. The van der Waals surface area contributed by atoms with E-state index in [0.717, 1.165) is 0 Å². The van der Waals surface area contributed by atoms with E-state index in [2.05, 4.69) is 4.98 Å². The standard InChI is InChI=1S/C15H15N3O5S/c1-22-13-6-4-10(8-14(13)23-2)24(20,21)18-12-7-9(16)3-5-11(12)17-15(18)19/h3-8H,16H2,1-2H3,(H,17,19). The van der Waals surface area contributed by atoms with E-state index in [1.54, 1.807) is 12.1 Å². The molecule has 0 aliphatic carbocycles. The minimum absolute atomic E-state index is 0.106. The first-order valence-electron chi connectivity index (χ1n) is 6.86. The fourth-order valence-electron chi connectivity index (χ4n) is 2.42. The molecule has 0 saturated heterocycles. The van der Waals surface area contributed by atoms with Crippen molar-refractivity contribution in [3.63, 3.8) is 0 Å². The maximum atomic E-state index is 12.9. The molecule has 0 aliphatic heterocycles. The summed E-state index contributed by atoms with van der Waals surface area (Å²) >= 11 is 0. The number of H-pyrrole nitrogens is 1. The van der Waals surface area contributed by atoms with Gasteiger partial charge in [0.25, 0.3) is 10.0 Å². The zero-order valence-electron chi connectivity index (χ0n) is 12.9. The summed E-state index contributed by atoms with van der Waals surface area (Å²) in [4.78, 5) is 14.6. The second kappa shape index (κ2) is 5.60. The van der Waals surface area contributed by atoms with E-state index in [1.807, 2.05) is 0 Å². The highest BCUT2D eigenvalue weighted by molar-refractivity contribution is 7.90. The number of fused-ring (bicyclic) bond motifs is 1. The number of benzene rings is 2. The number of nitrogens with one attached hydrogen (secondary N) is 1. The Bertz CT molecular complexity index is 1080. The van der Waals surface area contributed by atoms with E-state index in [0.29, 0.717) is 20.9 Å². The lowest BCUT2D eigenvalue weighted by Gasteiger charge is -2.10. The van der Waals surface area contributed by atoms with Gasteiger partial charge in [-0.05, 0) is 30.3 Å². The Morgan fingerprint density at radius 2 is 1.75 bits per heavy atom. The minimum Gasteiger partial charge on any atom is -0.493 e.